The molecule has 2 aromatic rings. The van der Waals surface area contributed by atoms with Crippen molar-refractivity contribution in [1.82, 2.24) is 10.2 Å². The van der Waals surface area contributed by atoms with Gasteiger partial charge in [-0.2, -0.15) is 0 Å². The van der Waals surface area contributed by atoms with Crippen LogP contribution in [0.3, 0.4) is 0 Å². The number of aryl methyl sites for hydroxylation is 1. The van der Waals surface area contributed by atoms with Crippen LogP contribution in [0.2, 0.25) is 0 Å². The van der Waals surface area contributed by atoms with Gasteiger partial charge in [-0.3, -0.25) is 9.59 Å². The molecule has 0 radical (unpaired) electrons. The summed E-state index contributed by atoms with van der Waals surface area (Å²) in [4.78, 5) is 27.0. The van der Waals surface area contributed by atoms with Crippen LogP contribution in [-0.4, -0.2) is 42.9 Å². The van der Waals surface area contributed by atoms with E-state index in [0.29, 0.717) is 23.4 Å². The maximum Gasteiger partial charge on any atom is 0.255 e. The first kappa shape index (κ1) is 19.7. The third-order valence-electron chi connectivity index (χ3n) is 4.39. The van der Waals surface area contributed by atoms with Gasteiger partial charge in [0, 0.05) is 29.9 Å². The molecule has 138 valence electrons. The SMILES string of the molecule is CCN(CC)CCNC(=O)c1ccc(C)c(NC(=O)c2ccccc2)c1. The highest BCUT2D eigenvalue weighted by atomic mass is 16.2. The van der Waals surface area contributed by atoms with Crippen molar-refractivity contribution < 1.29 is 9.59 Å². The first-order chi connectivity index (χ1) is 12.5. The van der Waals surface area contributed by atoms with E-state index in [1.807, 2.05) is 31.2 Å². The molecule has 26 heavy (non-hydrogen) atoms. The molecule has 2 N–H and O–H groups in total. The Labute approximate surface area is 155 Å². The Morgan fingerprint density at radius 2 is 1.62 bits per heavy atom. The van der Waals surface area contributed by atoms with Crippen molar-refractivity contribution in [2.45, 2.75) is 20.8 Å². The lowest BCUT2D eigenvalue weighted by Crippen LogP contribution is -2.34. The van der Waals surface area contributed by atoms with E-state index >= 15 is 0 Å². The molecular formula is C21H27N3O2. The maximum absolute atomic E-state index is 12.4. The van der Waals surface area contributed by atoms with E-state index in [1.54, 1.807) is 24.3 Å². The Bertz CT molecular complexity index is 740. The number of rotatable bonds is 8. The van der Waals surface area contributed by atoms with Gasteiger partial charge in [0.1, 0.15) is 0 Å². The number of nitrogens with one attached hydrogen (secondary N) is 2. The van der Waals surface area contributed by atoms with Gasteiger partial charge in [-0.1, -0.05) is 38.1 Å². The smallest absolute Gasteiger partial charge is 0.255 e. The Morgan fingerprint density at radius 3 is 2.27 bits per heavy atom. The van der Waals surface area contributed by atoms with Crippen LogP contribution in [0.5, 0.6) is 0 Å². The van der Waals surface area contributed by atoms with Crippen LogP contribution in [0.25, 0.3) is 0 Å². The van der Waals surface area contributed by atoms with Crippen LogP contribution < -0.4 is 10.6 Å². The maximum atomic E-state index is 12.4. The van der Waals surface area contributed by atoms with Gasteiger partial charge < -0.3 is 15.5 Å². The Balaban J connectivity index is 2.02. The molecule has 0 aliphatic rings. The molecular weight excluding hydrogens is 326 g/mol. The Morgan fingerprint density at radius 1 is 0.923 bits per heavy atom. The van der Waals surface area contributed by atoms with Crippen LogP contribution in [0, 0.1) is 6.92 Å². The summed E-state index contributed by atoms with van der Waals surface area (Å²) in [6.45, 7) is 9.46. The fraction of sp³-hybridized carbons (Fsp3) is 0.333. The molecule has 2 aromatic carbocycles. The molecule has 5 heteroatoms. The van der Waals surface area contributed by atoms with E-state index in [9.17, 15) is 9.59 Å². The average Bonchev–Trinajstić information content (AvgIpc) is 2.67. The van der Waals surface area contributed by atoms with Gasteiger partial charge in [0.15, 0.2) is 0 Å². The van der Waals surface area contributed by atoms with Crippen molar-refractivity contribution >= 4 is 17.5 Å². The number of benzene rings is 2. The van der Waals surface area contributed by atoms with Gasteiger partial charge in [0.2, 0.25) is 0 Å². The average molecular weight is 353 g/mol. The summed E-state index contributed by atoms with van der Waals surface area (Å²) >= 11 is 0. The lowest BCUT2D eigenvalue weighted by atomic mass is 10.1. The zero-order chi connectivity index (χ0) is 18.9. The van der Waals surface area contributed by atoms with Crippen molar-refractivity contribution in [2.24, 2.45) is 0 Å². The largest absolute Gasteiger partial charge is 0.351 e. The summed E-state index contributed by atoms with van der Waals surface area (Å²) in [5, 5.41) is 5.82. The molecule has 0 aliphatic heterocycles. The van der Waals surface area contributed by atoms with Crippen molar-refractivity contribution in [2.75, 3.05) is 31.5 Å². The predicted octanol–water partition coefficient (Wildman–Crippen LogP) is 3.32. The highest BCUT2D eigenvalue weighted by Gasteiger charge is 2.11. The van der Waals surface area contributed by atoms with Gasteiger partial charge in [-0.05, 0) is 49.8 Å². The molecule has 0 saturated heterocycles. The van der Waals surface area contributed by atoms with E-state index in [2.05, 4.69) is 29.4 Å². The van der Waals surface area contributed by atoms with Gasteiger partial charge in [0.05, 0.1) is 0 Å². The van der Waals surface area contributed by atoms with Gasteiger partial charge in [-0.25, -0.2) is 0 Å². The molecule has 0 atom stereocenters. The molecule has 0 aliphatic carbocycles. The zero-order valence-electron chi connectivity index (χ0n) is 15.7. The second-order valence-electron chi connectivity index (χ2n) is 6.13. The molecule has 0 saturated carbocycles. The minimum Gasteiger partial charge on any atom is -0.351 e. The highest BCUT2D eigenvalue weighted by molar-refractivity contribution is 6.05. The van der Waals surface area contributed by atoms with E-state index in [4.69, 9.17) is 0 Å². The third-order valence-corrected chi connectivity index (χ3v) is 4.39. The first-order valence-corrected chi connectivity index (χ1v) is 9.02. The van der Waals surface area contributed by atoms with E-state index in [1.165, 1.54) is 0 Å². The predicted molar refractivity (Wildman–Crippen MR) is 106 cm³/mol. The summed E-state index contributed by atoms with van der Waals surface area (Å²) in [6.07, 6.45) is 0. The molecule has 0 heterocycles. The summed E-state index contributed by atoms with van der Waals surface area (Å²) in [7, 11) is 0. The number of carbonyl (C=O) groups is 2. The number of anilines is 1. The van der Waals surface area contributed by atoms with Crippen molar-refractivity contribution in [1.29, 1.82) is 0 Å². The van der Waals surface area contributed by atoms with Crippen LogP contribution in [0.15, 0.2) is 48.5 Å². The quantitative estimate of drug-likeness (QED) is 0.765. The van der Waals surface area contributed by atoms with E-state index < -0.39 is 0 Å². The fourth-order valence-corrected chi connectivity index (χ4v) is 2.65. The molecule has 0 unspecified atom stereocenters. The molecule has 0 spiro atoms. The van der Waals surface area contributed by atoms with Crippen molar-refractivity contribution in [3.63, 3.8) is 0 Å². The number of amides is 2. The standard InChI is InChI=1S/C21H27N3O2/c1-4-24(5-2)14-13-22-20(25)18-12-11-16(3)19(15-18)23-21(26)17-9-7-6-8-10-17/h6-12,15H,4-5,13-14H2,1-3H3,(H,22,25)(H,23,26). The molecule has 0 fully saturated rings. The summed E-state index contributed by atoms with van der Waals surface area (Å²) in [5.41, 5.74) is 2.68. The molecule has 5 nitrogen and oxygen atoms in total. The summed E-state index contributed by atoms with van der Waals surface area (Å²) < 4.78 is 0. The molecule has 0 aromatic heterocycles. The van der Waals surface area contributed by atoms with Crippen molar-refractivity contribution in [3.8, 4) is 0 Å². The lowest BCUT2D eigenvalue weighted by Gasteiger charge is -2.18. The minimum absolute atomic E-state index is 0.132. The normalized spacial score (nSPS) is 10.6. The topological polar surface area (TPSA) is 61.4 Å². The van der Waals surface area contributed by atoms with Gasteiger partial charge in [0.25, 0.3) is 11.8 Å². The fourth-order valence-electron chi connectivity index (χ4n) is 2.65. The van der Waals surface area contributed by atoms with Gasteiger partial charge >= 0.3 is 0 Å². The lowest BCUT2D eigenvalue weighted by molar-refractivity contribution is 0.0947. The number of carbonyl (C=O) groups excluding carboxylic acids is 2. The van der Waals surface area contributed by atoms with Crippen LogP contribution in [0.1, 0.15) is 40.1 Å². The number of hydrogen-bond acceptors (Lipinski definition) is 3. The second-order valence-corrected chi connectivity index (χ2v) is 6.13. The van der Waals surface area contributed by atoms with Crippen LogP contribution >= 0.6 is 0 Å². The third kappa shape index (κ3) is 5.43. The highest BCUT2D eigenvalue weighted by Crippen LogP contribution is 2.18. The number of hydrogen-bond donors (Lipinski definition) is 2. The molecule has 2 rings (SSSR count). The second kappa shape index (κ2) is 9.73. The van der Waals surface area contributed by atoms with Crippen LogP contribution in [-0.2, 0) is 0 Å². The minimum atomic E-state index is -0.187. The Kier molecular flexibility index (Phi) is 7.36. The molecule has 0 bridgehead atoms. The first-order valence-electron chi connectivity index (χ1n) is 9.02. The zero-order valence-corrected chi connectivity index (χ0v) is 15.7. The van der Waals surface area contributed by atoms with E-state index in [-0.39, 0.29) is 11.8 Å². The number of likely N-dealkylation sites (N-methyl/N-ethyl adjacent to an activating group) is 1. The van der Waals surface area contributed by atoms with E-state index in [0.717, 1.165) is 25.2 Å². The molecule has 2 amide bonds. The number of nitrogens with zero attached hydrogens (tertiary/aromatic N) is 1. The van der Waals surface area contributed by atoms with Crippen LogP contribution in [0.4, 0.5) is 5.69 Å². The summed E-state index contributed by atoms with van der Waals surface area (Å²) in [5.74, 6) is -0.319. The van der Waals surface area contributed by atoms with Gasteiger partial charge in [-0.15, -0.1) is 0 Å². The summed E-state index contributed by atoms with van der Waals surface area (Å²) in [6, 6.07) is 14.4. The monoisotopic (exact) mass is 353 g/mol. The Hall–Kier alpha value is -2.66. The van der Waals surface area contributed by atoms with Crippen molar-refractivity contribution in [3.05, 3.63) is 65.2 Å².